The van der Waals surface area contributed by atoms with E-state index in [0.29, 0.717) is 5.82 Å². The molecule has 0 saturated heterocycles. The molecule has 0 rings (SSSR count). The Morgan fingerprint density at radius 3 is 1.62 bits per heavy atom. The molecule has 94 valence electrons. The summed E-state index contributed by atoms with van der Waals surface area (Å²) in [6.07, 6.45) is 5.02. The van der Waals surface area contributed by atoms with Gasteiger partial charge in [-0.25, -0.2) is 0 Å². The van der Waals surface area contributed by atoms with Gasteiger partial charge in [0.2, 0.25) is 0 Å². The summed E-state index contributed by atoms with van der Waals surface area (Å²) in [5.41, 5.74) is 0. The fraction of sp³-hybridized carbons (Fsp3) is 1.00. The Balaban J connectivity index is 4.54. The van der Waals surface area contributed by atoms with Crippen molar-refractivity contribution in [2.75, 3.05) is 0 Å². The van der Waals surface area contributed by atoms with Gasteiger partial charge in [0.05, 0.1) is 7.85 Å². The quantitative estimate of drug-likeness (QED) is 0.502. The van der Waals surface area contributed by atoms with Gasteiger partial charge in [0.1, 0.15) is 0 Å². The van der Waals surface area contributed by atoms with Crippen LogP contribution in [0.1, 0.15) is 67.2 Å². The molecule has 0 aromatic heterocycles. The topological polar surface area (TPSA) is 0 Å². The van der Waals surface area contributed by atoms with E-state index in [1.807, 2.05) is 0 Å². The molecule has 16 heavy (non-hydrogen) atoms. The molecule has 0 aliphatic heterocycles. The average Bonchev–Trinajstić information content (AvgIpc) is 2.21. The van der Waals surface area contributed by atoms with Crippen LogP contribution in [0.2, 0.25) is 5.82 Å². The highest BCUT2D eigenvalue weighted by Gasteiger charge is 2.25. The largest absolute Gasteiger partial charge is 0.0746 e. The van der Waals surface area contributed by atoms with Crippen molar-refractivity contribution in [3.05, 3.63) is 0 Å². The maximum atomic E-state index is 6.32. The van der Waals surface area contributed by atoms with Crippen LogP contribution in [0.5, 0.6) is 0 Å². The average molecular weight is 222 g/mol. The Labute approximate surface area is 105 Å². The van der Waals surface area contributed by atoms with Gasteiger partial charge in [0.15, 0.2) is 0 Å². The molecule has 0 aliphatic carbocycles. The minimum atomic E-state index is 0.395. The monoisotopic (exact) mass is 222 g/mol. The van der Waals surface area contributed by atoms with Crippen molar-refractivity contribution in [2.24, 2.45) is 23.7 Å². The fourth-order valence-corrected chi connectivity index (χ4v) is 2.81. The van der Waals surface area contributed by atoms with Gasteiger partial charge >= 0.3 is 0 Å². The van der Waals surface area contributed by atoms with Crippen LogP contribution >= 0.6 is 0 Å². The van der Waals surface area contributed by atoms with E-state index in [9.17, 15) is 0 Å². The Hall–Kier alpha value is 0.0649. The van der Waals surface area contributed by atoms with Crippen molar-refractivity contribution in [3.8, 4) is 0 Å². The molecule has 0 saturated carbocycles. The predicted molar refractivity (Wildman–Crippen MR) is 76.0 cm³/mol. The summed E-state index contributed by atoms with van der Waals surface area (Å²) < 4.78 is 0. The summed E-state index contributed by atoms with van der Waals surface area (Å²) in [6.45, 7) is 13.8. The lowest BCUT2D eigenvalue weighted by Crippen LogP contribution is -2.23. The van der Waals surface area contributed by atoms with Crippen molar-refractivity contribution in [3.63, 3.8) is 0 Å². The minimum Gasteiger partial charge on any atom is -0.0746 e. The first kappa shape index (κ1) is 16.1. The lowest BCUT2D eigenvalue weighted by atomic mass is 9.64. The van der Waals surface area contributed by atoms with Gasteiger partial charge in [-0.2, -0.15) is 0 Å². The van der Waals surface area contributed by atoms with Crippen LogP contribution in [-0.4, -0.2) is 7.85 Å². The van der Waals surface area contributed by atoms with Crippen molar-refractivity contribution in [1.29, 1.82) is 0 Å². The zero-order valence-corrected chi connectivity index (χ0v) is 12.3. The highest BCUT2D eigenvalue weighted by molar-refractivity contribution is 6.11. The van der Waals surface area contributed by atoms with Gasteiger partial charge in [-0.15, -0.1) is 0 Å². The molecule has 0 aromatic carbocycles. The van der Waals surface area contributed by atoms with E-state index in [2.05, 4.69) is 41.5 Å². The number of hydrogen-bond donors (Lipinski definition) is 0. The normalized spacial score (nSPS) is 17.8. The highest BCUT2D eigenvalue weighted by Crippen LogP contribution is 2.37. The van der Waals surface area contributed by atoms with Gasteiger partial charge in [0.25, 0.3) is 0 Å². The summed E-state index contributed by atoms with van der Waals surface area (Å²) in [4.78, 5) is 0. The molecular weight excluding hydrogens is 191 g/mol. The van der Waals surface area contributed by atoms with E-state index in [0.717, 1.165) is 30.1 Å². The summed E-state index contributed by atoms with van der Waals surface area (Å²) in [6, 6.07) is 0. The van der Waals surface area contributed by atoms with Crippen molar-refractivity contribution in [1.82, 2.24) is 0 Å². The molecule has 0 aromatic rings. The minimum absolute atomic E-state index is 0.395. The van der Waals surface area contributed by atoms with Gasteiger partial charge in [-0.1, -0.05) is 60.2 Å². The number of hydrogen-bond acceptors (Lipinski definition) is 0. The Kier molecular flexibility index (Phi) is 8.23. The zero-order chi connectivity index (χ0) is 12.7. The first-order valence-electron chi connectivity index (χ1n) is 7.17. The standard InChI is InChI=1S/C15H31B/c1-7-13(9-11(3)4)14(10-12(5)6)15(16)8-2/h11-15H,7-10H2,1-6H3. The van der Waals surface area contributed by atoms with Crippen LogP contribution in [0.3, 0.4) is 0 Å². The van der Waals surface area contributed by atoms with Crippen molar-refractivity contribution < 1.29 is 0 Å². The van der Waals surface area contributed by atoms with Crippen LogP contribution < -0.4 is 0 Å². The van der Waals surface area contributed by atoms with Gasteiger partial charge in [-0.05, 0) is 36.5 Å². The summed E-state index contributed by atoms with van der Waals surface area (Å²) in [7, 11) is 6.32. The predicted octanol–water partition coefficient (Wildman–Crippen LogP) is 5.09. The Morgan fingerprint density at radius 2 is 1.31 bits per heavy atom. The molecule has 0 amide bonds. The molecule has 0 N–H and O–H groups in total. The molecule has 1 heteroatoms. The molecule has 3 atom stereocenters. The molecule has 3 unspecified atom stereocenters. The highest BCUT2D eigenvalue weighted by atomic mass is 14.3. The molecule has 0 bridgehead atoms. The Bertz CT molecular complexity index is 163. The van der Waals surface area contributed by atoms with Crippen LogP contribution in [0, 0.1) is 23.7 Å². The second-order valence-electron chi connectivity index (χ2n) is 6.16. The molecule has 0 fully saturated rings. The van der Waals surface area contributed by atoms with Crippen molar-refractivity contribution >= 4 is 7.85 Å². The molecule has 0 aliphatic rings. The molecule has 2 radical (unpaired) electrons. The summed E-state index contributed by atoms with van der Waals surface area (Å²) >= 11 is 0. The summed E-state index contributed by atoms with van der Waals surface area (Å²) in [5, 5.41) is 0. The third-order valence-corrected chi connectivity index (χ3v) is 3.67. The third kappa shape index (κ3) is 5.96. The van der Waals surface area contributed by atoms with Gasteiger partial charge in [-0.3, -0.25) is 0 Å². The molecule has 0 heterocycles. The lowest BCUT2D eigenvalue weighted by Gasteiger charge is -2.34. The molecule has 0 nitrogen and oxygen atoms in total. The fourth-order valence-electron chi connectivity index (χ4n) is 2.81. The summed E-state index contributed by atoms with van der Waals surface area (Å²) in [5.74, 6) is 3.49. The van der Waals surface area contributed by atoms with Crippen molar-refractivity contribution in [2.45, 2.75) is 73.0 Å². The maximum absolute atomic E-state index is 6.32. The zero-order valence-electron chi connectivity index (χ0n) is 12.3. The lowest BCUT2D eigenvalue weighted by molar-refractivity contribution is 0.223. The number of rotatable bonds is 8. The van der Waals surface area contributed by atoms with Crippen LogP contribution in [0.25, 0.3) is 0 Å². The second-order valence-corrected chi connectivity index (χ2v) is 6.16. The smallest absolute Gasteiger partial charge is 0.0703 e. The second kappa shape index (κ2) is 8.20. The van der Waals surface area contributed by atoms with Crippen LogP contribution in [-0.2, 0) is 0 Å². The third-order valence-electron chi connectivity index (χ3n) is 3.67. The van der Waals surface area contributed by atoms with Crippen LogP contribution in [0.15, 0.2) is 0 Å². The van der Waals surface area contributed by atoms with E-state index >= 15 is 0 Å². The first-order chi connectivity index (χ1) is 7.42. The van der Waals surface area contributed by atoms with Gasteiger partial charge in [0, 0.05) is 0 Å². The molecule has 0 spiro atoms. The van der Waals surface area contributed by atoms with Crippen LogP contribution in [0.4, 0.5) is 0 Å². The maximum Gasteiger partial charge on any atom is 0.0703 e. The SMILES string of the molecule is [B]C(CC)C(CC(C)C)C(CC)CC(C)C. The van der Waals surface area contributed by atoms with E-state index in [1.165, 1.54) is 19.3 Å². The van der Waals surface area contributed by atoms with Gasteiger partial charge < -0.3 is 0 Å². The van der Waals surface area contributed by atoms with E-state index in [-0.39, 0.29) is 0 Å². The Morgan fingerprint density at radius 1 is 0.812 bits per heavy atom. The van der Waals surface area contributed by atoms with E-state index in [1.54, 1.807) is 0 Å². The first-order valence-corrected chi connectivity index (χ1v) is 7.17. The van der Waals surface area contributed by atoms with E-state index < -0.39 is 0 Å². The van der Waals surface area contributed by atoms with E-state index in [4.69, 9.17) is 7.85 Å². The molecular formula is C15H31B.